The first-order chi connectivity index (χ1) is 14.2. The molecule has 0 spiro atoms. The van der Waals surface area contributed by atoms with Gasteiger partial charge in [0.05, 0.1) is 6.54 Å². The minimum Gasteiger partial charge on any atom is -0.357 e. The van der Waals surface area contributed by atoms with Gasteiger partial charge in [0.25, 0.3) is 0 Å². The van der Waals surface area contributed by atoms with Crippen LogP contribution in [0.4, 0.5) is 0 Å². The summed E-state index contributed by atoms with van der Waals surface area (Å²) >= 11 is 1.71. The highest BCUT2D eigenvalue weighted by Crippen LogP contribution is 2.12. The Morgan fingerprint density at radius 2 is 1.83 bits per heavy atom. The van der Waals surface area contributed by atoms with Gasteiger partial charge in [0.1, 0.15) is 5.01 Å². The highest BCUT2D eigenvalue weighted by Gasteiger charge is 2.16. The third kappa shape index (κ3) is 8.87. The molecule has 0 radical (unpaired) electrons. The molecule has 30 heavy (non-hydrogen) atoms. The van der Waals surface area contributed by atoms with Crippen molar-refractivity contribution in [2.75, 3.05) is 45.8 Å². The number of benzene rings is 1. The van der Waals surface area contributed by atoms with Crippen LogP contribution in [0.2, 0.25) is 0 Å². The Morgan fingerprint density at radius 3 is 2.50 bits per heavy atom. The first-order valence-electron chi connectivity index (χ1n) is 10.6. The number of piperazine rings is 1. The van der Waals surface area contributed by atoms with Gasteiger partial charge in [0.2, 0.25) is 0 Å². The van der Waals surface area contributed by atoms with E-state index in [1.165, 1.54) is 10.4 Å². The predicted octanol–water partition coefficient (Wildman–Crippen LogP) is 3.33. The van der Waals surface area contributed by atoms with E-state index in [1.54, 1.807) is 11.3 Å². The minimum atomic E-state index is 0. The Balaban J connectivity index is 0.00000320. The zero-order valence-corrected chi connectivity index (χ0v) is 21.3. The van der Waals surface area contributed by atoms with Crippen LogP contribution in [0, 0.1) is 6.92 Å². The molecule has 2 heterocycles. The van der Waals surface area contributed by atoms with Crippen LogP contribution >= 0.6 is 35.3 Å². The van der Waals surface area contributed by atoms with Crippen molar-refractivity contribution in [3.05, 3.63) is 52.0 Å². The first kappa shape index (κ1) is 25.0. The smallest absolute Gasteiger partial charge is 0.191 e. The summed E-state index contributed by atoms with van der Waals surface area (Å²) in [6.45, 7) is 13.4. The van der Waals surface area contributed by atoms with Crippen molar-refractivity contribution >= 4 is 41.3 Å². The first-order valence-corrected chi connectivity index (χ1v) is 11.5. The third-order valence-electron chi connectivity index (χ3n) is 5.04. The van der Waals surface area contributed by atoms with Crippen LogP contribution in [0.15, 0.2) is 41.5 Å². The molecule has 1 aliphatic rings. The lowest BCUT2D eigenvalue weighted by Gasteiger charge is -2.34. The largest absolute Gasteiger partial charge is 0.357 e. The zero-order chi connectivity index (χ0) is 20.3. The van der Waals surface area contributed by atoms with Gasteiger partial charge in [0, 0.05) is 56.9 Å². The number of nitrogens with one attached hydrogen (secondary N) is 2. The SMILES string of the molecule is CCNC(=NCc1ncc(C)s1)NCCCN1CCN(Cc2ccccc2)CC1.I. The molecule has 3 rings (SSSR count). The van der Waals surface area contributed by atoms with E-state index >= 15 is 0 Å². The Bertz CT molecular complexity index is 743. The Labute approximate surface area is 202 Å². The minimum absolute atomic E-state index is 0. The fourth-order valence-electron chi connectivity index (χ4n) is 3.49. The van der Waals surface area contributed by atoms with Crippen LogP contribution in [-0.4, -0.2) is 66.6 Å². The number of hydrogen-bond donors (Lipinski definition) is 2. The van der Waals surface area contributed by atoms with E-state index in [4.69, 9.17) is 0 Å². The van der Waals surface area contributed by atoms with E-state index < -0.39 is 0 Å². The molecule has 0 amide bonds. The Hall–Kier alpha value is -1.23. The molecule has 2 aromatic rings. The second-order valence-corrected chi connectivity index (χ2v) is 8.76. The standard InChI is InChI=1S/C22H34N6S.HI/c1-3-23-22(26-17-21-25-16-19(2)29-21)24-10-7-11-27-12-14-28(15-13-27)18-20-8-5-4-6-9-20;/h4-6,8-9,16H,3,7,10-15,17-18H2,1-2H3,(H2,23,24,26);1H. The summed E-state index contributed by atoms with van der Waals surface area (Å²) in [7, 11) is 0. The topological polar surface area (TPSA) is 55.8 Å². The summed E-state index contributed by atoms with van der Waals surface area (Å²) in [5, 5.41) is 7.84. The van der Waals surface area contributed by atoms with Gasteiger partial charge in [-0.3, -0.25) is 4.90 Å². The number of rotatable bonds is 9. The number of thiazole rings is 1. The van der Waals surface area contributed by atoms with Gasteiger partial charge in [-0.1, -0.05) is 30.3 Å². The van der Waals surface area contributed by atoms with Crippen molar-refractivity contribution in [2.24, 2.45) is 4.99 Å². The van der Waals surface area contributed by atoms with E-state index in [9.17, 15) is 0 Å². The Morgan fingerprint density at radius 1 is 1.10 bits per heavy atom. The molecule has 0 aliphatic carbocycles. The lowest BCUT2D eigenvalue weighted by Crippen LogP contribution is -2.46. The van der Waals surface area contributed by atoms with Crippen LogP contribution in [0.5, 0.6) is 0 Å². The van der Waals surface area contributed by atoms with Crippen molar-refractivity contribution in [1.82, 2.24) is 25.4 Å². The molecule has 6 nitrogen and oxygen atoms in total. The predicted molar refractivity (Wildman–Crippen MR) is 138 cm³/mol. The maximum atomic E-state index is 4.65. The van der Waals surface area contributed by atoms with E-state index in [2.05, 4.69) is 74.6 Å². The van der Waals surface area contributed by atoms with Crippen LogP contribution < -0.4 is 10.6 Å². The fraction of sp³-hybridized carbons (Fsp3) is 0.545. The van der Waals surface area contributed by atoms with Crippen LogP contribution in [0.1, 0.15) is 28.8 Å². The van der Waals surface area contributed by atoms with Crippen molar-refractivity contribution in [3.63, 3.8) is 0 Å². The monoisotopic (exact) mass is 542 g/mol. The normalized spacial score (nSPS) is 15.6. The number of aryl methyl sites for hydroxylation is 1. The maximum absolute atomic E-state index is 4.65. The molecule has 0 bridgehead atoms. The average molecular weight is 543 g/mol. The van der Waals surface area contributed by atoms with Gasteiger partial charge in [0.15, 0.2) is 5.96 Å². The van der Waals surface area contributed by atoms with E-state index in [0.717, 1.165) is 69.7 Å². The second-order valence-electron chi connectivity index (χ2n) is 7.44. The van der Waals surface area contributed by atoms with Crippen molar-refractivity contribution < 1.29 is 0 Å². The molecular weight excluding hydrogens is 507 g/mol. The van der Waals surface area contributed by atoms with Crippen LogP contribution in [0.25, 0.3) is 0 Å². The summed E-state index contributed by atoms with van der Waals surface area (Å²) in [5.41, 5.74) is 1.41. The molecule has 0 unspecified atom stereocenters. The fourth-order valence-corrected chi connectivity index (χ4v) is 4.20. The van der Waals surface area contributed by atoms with Crippen molar-refractivity contribution in [2.45, 2.75) is 33.4 Å². The molecule has 8 heteroatoms. The van der Waals surface area contributed by atoms with E-state index in [1.807, 2.05) is 6.20 Å². The van der Waals surface area contributed by atoms with Crippen molar-refractivity contribution in [1.29, 1.82) is 0 Å². The molecule has 166 valence electrons. The highest BCUT2D eigenvalue weighted by molar-refractivity contribution is 14.0. The summed E-state index contributed by atoms with van der Waals surface area (Å²) in [4.78, 5) is 15.4. The average Bonchev–Trinajstić information content (AvgIpc) is 3.16. The lowest BCUT2D eigenvalue weighted by atomic mass is 10.2. The van der Waals surface area contributed by atoms with Gasteiger partial charge < -0.3 is 15.5 Å². The molecular formula is C22H35IN6S. The summed E-state index contributed by atoms with van der Waals surface area (Å²) in [6.07, 6.45) is 3.04. The lowest BCUT2D eigenvalue weighted by molar-refractivity contribution is 0.126. The number of aromatic nitrogens is 1. The summed E-state index contributed by atoms with van der Waals surface area (Å²) in [6, 6.07) is 10.8. The van der Waals surface area contributed by atoms with Crippen LogP contribution in [-0.2, 0) is 13.1 Å². The molecule has 1 fully saturated rings. The number of nitrogens with zero attached hydrogens (tertiary/aromatic N) is 4. The molecule has 0 saturated carbocycles. The molecule has 0 atom stereocenters. The highest BCUT2D eigenvalue weighted by atomic mass is 127. The molecule has 2 N–H and O–H groups in total. The van der Waals surface area contributed by atoms with E-state index in [-0.39, 0.29) is 24.0 Å². The van der Waals surface area contributed by atoms with E-state index in [0.29, 0.717) is 6.54 Å². The van der Waals surface area contributed by atoms with Gasteiger partial charge in [-0.05, 0) is 32.4 Å². The quantitative estimate of drug-likeness (QED) is 0.221. The summed E-state index contributed by atoms with van der Waals surface area (Å²) in [5.74, 6) is 0.882. The van der Waals surface area contributed by atoms with Crippen LogP contribution in [0.3, 0.4) is 0 Å². The number of guanidine groups is 1. The Kier molecular flexibility index (Phi) is 11.6. The molecule has 1 aromatic carbocycles. The van der Waals surface area contributed by atoms with Gasteiger partial charge in [-0.2, -0.15) is 0 Å². The van der Waals surface area contributed by atoms with Gasteiger partial charge in [-0.25, -0.2) is 9.98 Å². The number of halogens is 1. The maximum Gasteiger partial charge on any atom is 0.191 e. The van der Waals surface area contributed by atoms with Crippen molar-refractivity contribution in [3.8, 4) is 0 Å². The summed E-state index contributed by atoms with van der Waals surface area (Å²) < 4.78 is 0. The third-order valence-corrected chi connectivity index (χ3v) is 5.94. The second kappa shape index (κ2) is 14.0. The molecule has 1 aliphatic heterocycles. The zero-order valence-electron chi connectivity index (χ0n) is 18.1. The number of hydrogen-bond acceptors (Lipinski definition) is 5. The van der Waals surface area contributed by atoms with Gasteiger partial charge in [-0.15, -0.1) is 35.3 Å². The number of aliphatic imine (C=N–C) groups is 1. The van der Waals surface area contributed by atoms with Gasteiger partial charge >= 0.3 is 0 Å². The molecule has 1 aromatic heterocycles. The molecule has 1 saturated heterocycles.